The Morgan fingerprint density at radius 1 is 0.326 bits per heavy atom. The number of rotatable bonds is 0. The molecular formula is C73H68N4O17Ru. The van der Waals surface area contributed by atoms with Crippen molar-refractivity contribution in [1.82, 2.24) is 9.97 Å². The third-order valence-corrected chi connectivity index (χ3v) is 17.9. The number of nitrogens with zero attached hydrogens (tertiary/aromatic N) is 4. The minimum atomic E-state index is -1.00. The number of aliphatic imine (C=N–C) groups is 2. The van der Waals surface area contributed by atoms with Gasteiger partial charge in [-0.05, 0) is 128 Å². The van der Waals surface area contributed by atoms with Gasteiger partial charge in [-0.25, -0.2) is 9.98 Å². The zero-order valence-corrected chi connectivity index (χ0v) is 55.1. The molecule has 490 valence electrons. The van der Waals surface area contributed by atoms with Gasteiger partial charge in [0.25, 0.3) is 0 Å². The molecule has 0 amide bonds. The molecule has 17 rings (SSSR count). The fourth-order valence-corrected chi connectivity index (χ4v) is 14.2. The van der Waals surface area contributed by atoms with Crippen LogP contribution in [-0.2, 0) is 62.0 Å². The van der Waals surface area contributed by atoms with Crippen molar-refractivity contribution < 1.29 is 99.9 Å². The van der Waals surface area contributed by atoms with E-state index in [0.717, 1.165) is 0 Å². The van der Waals surface area contributed by atoms with E-state index in [1.54, 1.807) is 0 Å². The summed E-state index contributed by atoms with van der Waals surface area (Å²) in [7, 11) is 0. The van der Waals surface area contributed by atoms with Gasteiger partial charge in [-0.15, -0.1) is 22.1 Å². The topological polar surface area (TPSA) is 220 Å². The molecule has 22 heteroatoms. The van der Waals surface area contributed by atoms with Crippen LogP contribution < -0.4 is 58.6 Å². The van der Waals surface area contributed by atoms with Crippen LogP contribution in [0.15, 0.2) is 143 Å². The maximum Gasteiger partial charge on any atom is 2.00 e. The van der Waals surface area contributed by atoms with Crippen LogP contribution in [-0.4, -0.2) is 136 Å². The Kier molecular flexibility index (Phi) is 16.1. The fraction of sp³-hybridized carbons (Fsp3) is 0.384. The molecular weight excluding hydrogens is 1310 g/mol. The minimum Gasteiger partial charge on any atom is 2.00 e. The second kappa shape index (κ2) is 24.2. The SMILES string of the molecule is CC1(C)OC2COc3cccc4c3C3=C5C=CC(=N5)C5=c6ccc([n-]6)=C6C7=NC(=C(c8ccc3[n-]8)c3c(cccc3OCC3OC(C)(C)OC3COc3cccc(c36)OCC3OC(C)(C)OC3COc3cccc(c35)OCC3OC(C)(C)OC3CO4)OCC2O1)C=C7.[C-]#[O+].[Ru+2]. The smallest absolute Gasteiger partial charge is 2.00 e. The van der Waals surface area contributed by atoms with Crippen molar-refractivity contribution in [3.63, 3.8) is 0 Å². The zero-order valence-electron chi connectivity index (χ0n) is 53.4. The van der Waals surface area contributed by atoms with Gasteiger partial charge < -0.3 is 85.8 Å². The number of fused-ring (bicyclic) bond motifs is 15. The largest absolute Gasteiger partial charge is 2.00 e. The third kappa shape index (κ3) is 11.6. The number of benzene rings is 4. The number of allylic oxidation sites excluding steroid dienone is 4. The summed E-state index contributed by atoms with van der Waals surface area (Å²) in [5.74, 6) is -0.238. The molecule has 13 heterocycles. The monoisotopic (exact) mass is 1370 g/mol. The molecule has 0 spiro atoms. The molecule has 11 aliphatic heterocycles. The van der Waals surface area contributed by atoms with Crippen LogP contribution in [0.2, 0.25) is 0 Å². The van der Waals surface area contributed by atoms with E-state index in [9.17, 15) is 0 Å². The Hall–Kier alpha value is -8.08. The summed E-state index contributed by atoms with van der Waals surface area (Å²) in [6.45, 7) is 20.1. The summed E-state index contributed by atoms with van der Waals surface area (Å²) < 4.78 is 118. The summed E-state index contributed by atoms with van der Waals surface area (Å²) in [4.78, 5) is 22.9. The first-order valence-electron chi connectivity index (χ1n) is 31.7. The van der Waals surface area contributed by atoms with Crippen LogP contribution in [0.25, 0.3) is 22.3 Å². The van der Waals surface area contributed by atoms with E-state index in [2.05, 4.69) is 6.65 Å². The van der Waals surface area contributed by atoms with Crippen molar-refractivity contribution >= 4 is 33.7 Å². The average Bonchev–Trinajstić information content (AvgIpc) is 1.63. The minimum absolute atomic E-state index is 0. The van der Waals surface area contributed by atoms with Crippen LogP contribution in [0.3, 0.4) is 0 Å². The molecule has 95 heavy (non-hydrogen) atoms. The molecule has 2 aromatic heterocycles. The second-order valence-corrected chi connectivity index (χ2v) is 26.2. The maximum absolute atomic E-state index is 7.50. The molecule has 4 aromatic carbocycles. The molecule has 0 N–H and O–H groups in total. The van der Waals surface area contributed by atoms with Crippen LogP contribution in [0, 0.1) is 6.65 Å². The van der Waals surface area contributed by atoms with Crippen molar-refractivity contribution in [2.75, 3.05) is 52.9 Å². The molecule has 0 aliphatic carbocycles. The second-order valence-electron chi connectivity index (χ2n) is 26.2. The van der Waals surface area contributed by atoms with E-state index in [1.165, 1.54) is 0 Å². The summed E-state index contributed by atoms with van der Waals surface area (Å²) in [6, 6.07) is 31.0. The van der Waals surface area contributed by atoms with E-state index in [0.29, 0.717) is 135 Å². The van der Waals surface area contributed by atoms with Crippen LogP contribution in [0.1, 0.15) is 89.0 Å². The first-order valence-corrected chi connectivity index (χ1v) is 31.7. The van der Waals surface area contributed by atoms with Gasteiger partial charge in [0.05, 0.1) is 45.1 Å². The predicted molar refractivity (Wildman–Crippen MR) is 338 cm³/mol. The summed E-state index contributed by atoms with van der Waals surface area (Å²) in [5.41, 5.74) is 7.87. The van der Waals surface area contributed by atoms with Gasteiger partial charge in [0, 0.05) is 22.3 Å². The van der Waals surface area contributed by atoms with Gasteiger partial charge in [-0.1, -0.05) is 48.5 Å². The molecule has 0 radical (unpaired) electrons. The maximum atomic E-state index is 7.50. The Morgan fingerprint density at radius 3 is 0.800 bits per heavy atom. The average molecular weight is 1370 g/mol. The van der Waals surface area contributed by atoms with Gasteiger partial charge in [0.15, 0.2) is 23.1 Å². The Morgan fingerprint density at radius 2 is 0.558 bits per heavy atom. The van der Waals surface area contributed by atoms with Crippen molar-refractivity contribution in [1.29, 1.82) is 0 Å². The molecule has 11 aliphatic rings. The third-order valence-electron chi connectivity index (χ3n) is 17.9. The normalized spacial score (nSPS) is 27.4. The van der Waals surface area contributed by atoms with Crippen LogP contribution in [0.4, 0.5) is 0 Å². The molecule has 3 saturated heterocycles. The van der Waals surface area contributed by atoms with Crippen molar-refractivity contribution in [3.8, 4) is 46.0 Å². The number of hydrogen-bond donors (Lipinski definition) is 0. The van der Waals surface area contributed by atoms with Gasteiger partial charge in [0.1, 0.15) is 148 Å². The number of aromatic nitrogens is 2. The van der Waals surface area contributed by atoms with E-state index < -0.39 is 72.0 Å². The molecule has 0 saturated carbocycles. The number of ether oxygens (including phenoxy) is 16. The van der Waals surface area contributed by atoms with Crippen LogP contribution >= 0.6 is 0 Å². The van der Waals surface area contributed by atoms with E-state index in [-0.39, 0.29) is 72.3 Å². The van der Waals surface area contributed by atoms with Crippen LogP contribution in [0.5, 0.6) is 46.0 Å². The van der Waals surface area contributed by atoms with E-state index in [4.69, 9.17) is 100 Å². The quantitative estimate of drug-likeness (QED) is 0.0792. The first kappa shape index (κ1) is 63.0. The molecule has 21 nitrogen and oxygen atoms in total. The molecule has 6 aromatic rings. The summed E-state index contributed by atoms with van der Waals surface area (Å²) in [5, 5.41) is 1.07. The van der Waals surface area contributed by atoms with Gasteiger partial charge in [-0.2, -0.15) is 0 Å². The fourth-order valence-electron chi connectivity index (χ4n) is 14.2. The first-order chi connectivity index (χ1) is 45.4. The standard InChI is InChI=1S/C72H68N4O16.CO.Ru/c1-69(2)85-53-29-77-45-13-9-15-47-65(45)61-37-21-22-38(73-37)62-40-24-26-42(75-40)64-44-28-27-43(76-44)63(41-25-23-39(61)74-41)67-49(81-33-57-55(31-79-47)87-70(3,4)89-57)17-11-19-51(67)83-35-59-60(92-72(7,8)91-59)36-84-52-20-12-18-50(68(52)64)82-34-58-56(88-71(5,6)90-58)32-80-48-16-10-14-46(66(48)62)78-30-54(53)86-69;1-2;/h9-28,53-60H,29-36H2,1-8H3;;/q-2;;+2. The Labute approximate surface area is 560 Å². The predicted octanol–water partition coefficient (Wildman–Crippen LogP) is 8.38. The van der Waals surface area contributed by atoms with E-state index in [1.807, 2.05) is 177 Å². The van der Waals surface area contributed by atoms with Crippen molar-refractivity contribution in [2.45, 2.75) is 127 Å². The summed E-state index contributed by atoms with van der Waals surface area (Å²) >= 11 is 0. The zero-order chi connectivity index (χ0) is 64.4. The molecule has 8 atom stereocenters. The molecule has 32 bridgehead atoms. The van der Waals surface area contributed by atoms with Crippen molar-refractivity contribution in [2.24, 2.45) is 9.98 Å². The van der Waals surface area contributed by atoms with Crippen molar-refractivity contribution in [3.05, 3.63) is 184 Å². The molecule has 3 fully saturated rings. The Bertz CT molecular complexity index is 4140. The Balaban J connectivity index is 0.00000245. The molecule has 8 unspecified atom stereocenters. The van der Waals surface area contributed by atoms with Gasteiger partial charge >= 0.3 is 30.8 Å². The summed E-state index contributed by atoms with van der Waals surface area (Å²) in [6.07, 6.45) is 3.01. The number of hydrogen-bond acceptors (Lipinski definition) is 18. The van der Waals surface area contributed by atoms with Gasteiger partial charge in [0.2, 0.25) is 0 Å². The van der Waals surface area contributed by atoms with E-state index >= 15 is 0 Å². The van der Waals surface area contributed by atoms with Gasteiger partial charge in [-0.3, -0.25) is 0 Å².